The molecule has 3 heteroatoms. The molecule has 1 aromatic heterocycles. The second-order valence-corrected chi connectivity index (χ2v) is 5.91. The molecule has 0 aliphatic carbocycles. The van der Waals surface area contributed by atoms with Gasteiger partial charge in [0, 0.05) is 12.7 Å². The molecule has 0 radical (unpaired) electrons. The van der Waals surface area contributed by atoms with E-state index in [1.807, 2.05) is 4.68 Å². The second-order valence-electron chi connectivity index (χ2n) is 5.91. The van der Waals surface area contributed by atoms with Crippen LogP contribution in [0.25, 0.3) is 0 Å². The molecule has 0 N–H and O–H groups in total. The van der Waals surface area contributed by atoms with Gasteiger partial charge in [-0.1, -0.05) is 52.2 Å². The summed E-state index contributed by atoms with van der Waals surface area (Å²) >= 11 is 0. The van der Waals surface area contributed by atoms with E-state index in [1.54, 1.807) is 0 Å². The molecule has 0 aliphatic heterocycles. The molecule has 0 saturated heterocycles. The summed E-state index contributed by atoms with van der Waals surface area (Å²) < 4.78 is 2.01. The zero-order chi connectivity index (χ0) is 13.4. The third kappa shape index (κ3) is 6.18. The maximum absolute atomic E-state index is 4.25. The van der Waals surface area contributed by atoms with E-state index in [0.717, 1.165) is 30.5 Å². The lowest BCUT2D eigenvalue weighted by atomic mass is 10.0. The predicted octanol–water partition coefficient (Wildman–Crippen LogP) is 4.08. The molecule has 0 saturated carbocycles. The number of hydrogen-bond acceptors (Lipinski definition) is 2. The Morgan fingerprint density at radius 2 is 1.94 bits per heavy atom. The Kier molecular flexibility index (Phi) is 6.99. The van der Waals surface area contributed by atoms with Crippen molar-refractivity contribution in [1.29, 1.82) is 0 Å². The van der Waals surface area contributed by atoms with Gasteiger partial charge in [-0.15, -0.1) is 5.10 Å². The molecule has 1 atom stereocenters. The average Bonchev–Trinajstić information content (AvgIpc) is 2.79. The molecule has 18 heavy (non-hydrogen) atoms. The van der Waals surface area contributed by atoms with Crippen LogP contribution in [0.5, 0.6) is 0 Å². The van der Waals surface area contributed by atoms with Gasteiger partial charge in [0.2, 0.25) is 0 Å². The Bertz CT molecular complexity index is 317. The van der Waals surface area contributed by atoms with Gasteiger partial charge in [-0.3, -0.25) is 4.68 Å². The highest BCUT2D eigenvalue weighted by atomic mass is 15.4. The molecule has 1 heterocycles. The van der Waals surface area contributed by atoms with Crippen LogP contribution in [0.3, 0.4) is 0 Å². The van der Waals surface area contributed by atoms with Crippen LogP contribution in [0.2, 0.25) is 0 Å². The smallest absolute Gasteiger partial charge is 0.0827 e. The van der Waals surface area contributed by atoms with Crippen LogP contribution in [0.4, 0.5) is 0 Å². The van der Waals surface area contributed by atoms with Crippen LogP contribution < -0.4 is 0 Å². The van der Waals surface area contributed by atoms with Crippen LogP contribution >= 0.6 is 0 Å². The van der Waals surface area contributed by atoms with Gasteiger partial charge in [-0.05, 0) is 31.1 Å². The van der Waals surface area contributed by atoms with Crippen LogP contribution in [0.1, 0.15) is 65.5 Å². The van der Waals surface area contributed by atoms with Gasteiger partial charge in [0.05, 0.1) is 5.69 Å². The summed E-state index contributed by atoms with van der Waals surface area (Å²) in [5.41, 5.74) is 1.15. The quantitative estimate of drug-likeness (QED) is 0.619. The van der Waals surface area contributed by atoms with Crippen LogP contribution in [-0.4, -0.2) is 15.0 Å². The van der Waals surface area contributed by atoms with Crippen molar-refractivity contribution in [2.24, 2.45) is 11.8 Å². The molecule has 0 spiro atoms. The molecule has 1 rings (SSSR count). The highest BCUT2D eigenvalue weighted by molar-refractivity contribution is 4.92. The summed E-state index contributed by atoms with van der Waals surface area (Å²) in [6.07, 6.45) is 9.49. The zero-order valence-electron chi connectivity index (χ0n) is 12.5. The normalized spacial score (nSPS) is 13.2. The fraction of sp³-hybridized carbons (Fsp3) is 0.867. The largest absolute Gasteiger partial charge is 0.252 e. The molecule has 0 bridgehead atoms. The number of hydrogen-bond donors (Lipinski definition) is 0. The third-order valence-corrected chi connectivity index (χ3v) is 3.59. The van der Waals surface area contributed by atoms with Crippen molar-refractivity contribution in [3.05, 3.63) is 11.9 Å². The van der Waals surface area contributed by atoms with Gasteiger partial charge >= 0.3 is 0 Å². The minimum absolute atomic E-state index is 0.793. The summed E-state index contributed by atoms with van der Waals surface area (Å²) in [5, 5.41) is 8.45. The number of nitrogens with zero attached hydrogens (tertiary/aromatic N) is 3. The minimum atomic E-state index is 0.793. The number of rotatable bonds is 9. The molecular weight excluding hydrogens is 222 g/mol. The monoisotopic (exact) mass is 251 g/mol. The number of aromatic nitrogens is 3. The molecule has 0 aliphatic rings. The standard InChI is InChI=1S/C15H29N3/c1-5-14(4)9-10-15-12-18(17-16-15)11-7-6-8-13(2)3/h12-14H,5-11H2,1-4H3. The molecular formula is C15H29N3. The maximum atomic E-state index is 4.25. The van der Waals surface area contributed by atoms with Crippen LogP contribution in [0, 0.1) is 11.8 Å². The Morgan fingerprint density at radius 1 is 1.17 bits per heavy atom. The Morgan fingerprint density at radius 3 is 2.61 bits per heavy atom. The highest BCUT2D eigenvalue weighted by Crippen LogP contribution is 2.11. The molecule has 0 fully saturated rings. The van der Waals surface area contributed by atoms with Crippen LogP contribution in [-0.2, 0) is 13.0 Å². The van der Waals surface area contributed by atoms with Crippen molar-refractivity contribution < 1.29 is 0 Å². The van der Waals surface area contributed by atoms with Crippen molar-refractivity contribution in [2.75, 3.05) is 0 Å². The first-order valence-electron chi connectivity index (χ1n) is 7.50. The molecule has 1 unspecified atom stereocenters. The van der Waals surface area contributed by atoms with Gasteiger partial charge in [0.25, 0.3) is 0 Å². The lowest BCUT2D eigenvalue weighted by Gasteiger charge is -2.05. The Labute approximate surface area is 112 Å². The maximum Gasteiger partial charge on any atom is 0.0827 e. The summed E-state index contributed by atoms with van der Waals surface area (Å²) in [6.45, 7) is 10.1. The molecule has 0 aromatic carbocycles. The van der Waals surface area contributed by atoms with Crippen molar-refractivity contribution in [3.63, 3.8) is 0 Å². The van der Waals surface area contributed by atoms with Gasteiger partial charge in [-0.25, -0.2) is 0 Å². The fourth-order valence-electron chi connectivity index (χ4n) is 1.99. The fourth-order valence-corrected chi connectivity index (χ4v) is 1.99. The molecule has 0 amide bonds. The van der Waals surface area contributed by atoms with Gasteiger partial charge in [0.1, 0.15) is 0 Å². The Hall–Kier alpha value is -0.860. The van der Waals surface area contributed by atoms with E-state index in [1.165, 1.54) is 32.1 Å². The van der Waals surface area contributed by atoms with E-state index in [2.05, 4.69) is 44.2 Å². The Balaban J connectivity index is 2.21. The molecule has 104 valence electrons. The van der Waals surface area contributed by atoms with Crippen LogP contribution in [0.15, 0.2) is 6.20 Å². The third-order valence-electron chi connectivity index (χ3n) is 3.59. The predicted molar refractivity (Wildman–Crippen MR) is 76.5 cm³/mol. The van der Waals surface area contributed by atoms with E-state index in [9.17, 15) is 0 Å². The highest BCUT2D eigenvalue weighted by Gasteiger charge is 2.04. The van der Waals surface area contributed by atoms with Crippen molar-refractivity contribution >= 4 is 0 Å². The van der Waals surface area contributed by atoms with E-state index in [4.69, 9.17) is 0 Å². The first kappa shape index (κ1) is 15.2. The van der Waals surface area contributed by atoms with Gasteiger partial charge in [-0.2, -0.15) is 0 Å². The second kappa shape index (κ2) is 8.28. The topological polar surface area (TPSA) is 30.7 Å². The lowest BCUT2D eigenvalue weighted by molar-refractivity contribution is 0.485. The van der Waals surface area contributed by atoms with Crippen molar-refractivity contribution in [2.45, 2.75) is 72.8 Å². The summed E-state index contributed by atoms with van der Waals surface area (Å²) in [7, 11) is 0. The van der Waals surface area contributed by atoms with E-state index < -0.39 is 0 Å². The lowest BCUT2D eigenvalue weighted by Crippen LogP contribution is -1.99. The number of unbranched alkanes of at least 4 members (excludes halogenated alkanes) is 1. The van der Waals surface area contributed by atoms with Gasteiger partial charge in [0.15, 0.2) is 0 Å². The van der Waals surface area contributed by atoms with Crippen molar-refractivity contribution in [1.82, 2.24) is 15.0 Å². The van der Waals surface area contributed by atoms with Crippen molar-refractivity contribution in [3.8, 4) is 0 Å². The number of aryl methyl sites for hydroxylation is 2. The summed E-state index contributed by atoms with van der Waals surface area (Å²) in [5.74, 6) is 1.60. The zero-order valence-corrected chi connectivity index (χ0v) is 12.5. The molecule has 1 aromatic rings. The first-order chi connectivity index (χ1) is 8.61. The SMILES string of the molecule is CCC(C)CCc1cn(CCCCC(C)C)nn1. The van der Waals surface area contributed by atoms with E-state index >= 15 is 0 Å². The molecule has 3 nitrogen and oxygen atoms in total. The summed E-state index contributed by atoms with van der Waals surface area (Å²) in [6, 6.07) is 0. The van der Waals surface area contributed by atoms with Gasteiger partial charge < -0.3 is 0 Å². The average molecular weight is 251 g/mol. The first-order valence-corrected chi connectivity index (χ1v) is 7.50. The van der Waals surface area contributed by atoms with E-state index in [0.29, 0.717) is 0 Å². The van der Waals surface area contributed by atoms with E-state index in [-0.39, 0.29) is 0 Å². The minimum Gasteiger partial charge on any atom is -0.252 e. The summed E-state index contributed by atoms with van der Waals surface area (Å²) in [4.78, 5) is 0.